The number of hydrogen-bond donors (Lipinski definition) is 1. The van der Waals surface area contributed by atoms with Crippen LogP contribution in [0.3, 0.4) is 0 Å². The molecule has 0 bridgehead atoms. The minimum Gasteiger partial charge on any atom is -0.340 e. The predicted molar refractivity (Wildman–Crippen MR) is 106 cm³/mol. The van der Waals surface area contributed by atoms with E-state index >= 15 is 0 Å². The highest BCUT2D eigenvalue weighted by atomic mass is 16.2. The Morgan fingerprint density at radius 1 is 1.00 bits per heavy atom. The van der Waals surface area contributed by atoms with Crippen LogP contribution in [0.2, 0.25) is 0 Å². The molecule has 27 heavy (non-hydrogen) atoms. The summed E-state index contributed by atoms with van der Waals surface area (Å²) in [6, 6.07) is 15.5. The van der Waals surface area contributed by atoms with Gasteiger partial charge in [-0.2, -0.15) is 5.10 Å². The minimum atomic E-state index is -0.212. The first-order valence-corrected chi connectivity index (χ1v) is 9.11. The van der Waals surface area contributed by atoms with Gasteiger partial charge in [0.2, 0.25) is 0 Å². The lowest BCUT2D eigenvalue weighted by molar-refractivity contribution is 0.0918. The summed E-state index contributed by atoms with van der Waals surface area (Å²) in [6.07, 6.45) is 0. The Bertz CT molecular complexity index is 1140. The Morgan fingerprint density at radius 3 is 2.37 bits per heavy atom. The zero-order valence-electron chi connectivity index (χ0n) is 16.0. The van der Waals surface area contributed by atoms with Gasteiger partial charge in [0.1, 0.15) is 5.82 Å². The van der Waals surface area contributed by atoms with Gasteiger partial charge in [0.15, 0.2) is 5.69 Å². The van der Waals surface area contributed by atoms with Gasteiger partial charge in [-0.05, 0) is 24.1 Å². The number of aromatic nitrogens is 4. The number of nitrogens with one attached hydrogen (secondary N) is 1. The van der Waals surface area contributed by atoms with Crippen molar-refractivity contribution in [3.8, 4) is 0 Å². The first-order chi connectivity index (χ1) is 13.0. The fourth-order valence-electron chi connectivity index (χ4n) is 3.56. The van der Waals surface area contributed by atoms with Crippen molar-refractivity contribution in [1.29, 1.82) is 0 Å². The average molecular weight is 361 g/mol. The maximum atomic E-state index is 13.1. The van der Waals surface area contributed by atoms with E-state index in [1.54, 1.807) is 4.68 Å². The number of carbonyl (C=O) groups is 1. The van der Waals surface area contributed by atoms with Crippen molar-refractivity contribution in [2.24, 2.45) is 20.0 Å². The van der Waals surface area contributed by atoms with E-state index in [0.29, 0.717) is 5.69 Å². The van der Waals surface area contributed by atoms with Crippen molar-refractivity contribution in [2.45, 2.75) is 19.9 Å². The molecule has 0 aliphatic carbocycles. The lowest BCUT2D eigenvalue weighted by atomic mass is 10.0. The van der Waals surface area contributed by atoms with E-state index in [2.05, 4.69) is 28.8 Å². The molecule has 0 aliphatic rings. The summed E-state index contributed by atoms with van der Waals surface area (Å²) >= 11 is 0. The molecular formula is C21H23N5O. The van der Waals surface area contributed by atoms with Crippen LogP contribution in [0.4, 0.5) is 0 Å². The van der Waals surface area contributed by atoms with Gasteiger partial charge in [-0.25, -0.2) is 4.98 Å². The van der Waals surface area contributed by atoms with Crippen LogP contribution in [-0.2, 0) is 14.1 Å². The number of para-hydroxylation sites is 3. The average Bonchev–Trinajstić information content (AvgIpc) is 3.18. The number of rotatable bonds is 4. The molecule has 0 spiro atoms. The van der Waals surface area contributed by atoms with Gasteiger partial charge < -0.3 is 9.88 Å². The normalized spacial score (nSPS) is 12.8. The van der Waals surface area contributed by atoms with E-state index in [-0.39, 0.29) is 17.9 Å². The highest BCUT2D eigenvalue weighted by molar-refractivity contribution is 6.05. The molecule has 4 aromatic rings. The van der Waals surface area contributed by atoms with Gasteiger partial charge in [0.05, 0.1) is 22.6 Å². The van der Waals surface area contributed by atoms with Crippen LogP contribution >= 0.6 is 0 Å². The maximum Gasteiger partial charge on any atom is 0.273 e. The summed E-state index contributed by atoms with van der Waals surface area (Å²) < 4.78 is 3.79. The number of aryl methyl sites for hydroxylation is 2. The highest BCUT2D eigenvalue weighted by Gasteiger charge is 2.26. The smallest absolute Gasteiger partial charge is 0.273 e. The molecule has 0 fully saturated rings. The molecule has 1 N–H and O–H groups in total. The molecule has 0 saturated heterocycles. The summed E-state index contributed by atoms with van der Waals surface area (Å²) in [4.78, 5) is 17.8. The lowest BCUT2D eigenvalue weighted by Gasteiger charge is -2.21. The summed E-state index contributed by atoms with van der Waals surface area (Å²) in [5.74, 6) is 0.844. The first kappa shape index (κ1) is 17.3. The van der Waals surface area contributed by atoms with Gasteiger partial charge in [-0.1, -0.05) is 44.2 Å². The van der Waals surface area contributed by atoms with E-state index in [4.69, 9.17) is 4.98 Å². The Labute approximate surface area is 157 Å². The number of nitrogens with zero attached hydrogens (tertiary/aromatic N) is 4. The monoisotopic (exact) mass is 361 g/mol. The standard InChI is InChI=1S/C21H23N5O/c1-13(2)18(20-22-15-10-6-8-12-17(15)25(20)3)23-21(27)19-14-9-5-7-11-16(14)26(4)24-19/h5-13,18H,1-4H3,(H,23,27). The molecule has 0 radical (unpaired) electrons. The summed E-state index contributed by atoms with van der Waals surface area (Å²) in [5, 5.41) is 8.45. The molecule has 2 aromatic carbocycles. The van der Waals surface area contributed by atoms with E-state index < -0.39 is 0 Å². The molecule has 6 nitrogen and oxygen atoms in total. The third kappa shape index (κ3) is 2.87. The maximum absolute atomic E-state index is 13.1. The van der Waals surface area contributed by atoms with Crippen LogP contribution in [0.15, 0.2) is 48.5 Å². The van der Waals surface area contributed by atoms with Crippen LogP contribution in [0, 0.1) is 5.92 Å². The Balaban J connectivity index is 1.73. The van der Waals surface area contributed by atoms with E-state index in [1.807, 2.05) is 62.6 Å². The third-order valence-electron chi connectivity index (χ3n) is 5.03. The third-order valence-corrected chi connectivity index (χ3v) is 5.03. The summed E-state index contributed by atoms with van der Waals surface area (Å²) in [5.41, 5.74) is 3.36. The number of fused-ring (bicyclic) bond motifs is 2. The van der Waals surface area contributed by atoms with E-state index in [9.17, 15) is 4.79 Å². The largest absolute Gasteiger partial charge is 0.340 e. The highest BCUT2D eigenvalue weighted by Crippen LogP contribution is 2.26. The number of carbonyl (C=O) groups excluding carboxylic acids is 1. The number of amides is 1. The van der Waals surface area contributed by atoms with Crippen molar-refractivity contribution in [3.63, 3.8) is 0 Å². The molecule has 2 aromatic heterocycles. The Morgan fingerprint density at radius 2 is 1.67 bits per heavy atom. The fourth-order valence-corrected chi connectivity index (χ4v) is 3.56. The zero-order chi connectivity index (χ0) is 19.1. The van der Waals surface area contributed by atoms with Gasteiger partial charge in [0.25, 0.3) is 5.91 Å². The molecule has 4 rings (SSSR count). The topological polar surface area (TPSA) is 64.7 Å². The molecule has 6 heteroatoms. The molecule has 0 aliphatic heterocycles. The van der Waals surface area contributed by atoms with Crippen molar-refractivity contribution in [2.75, 3.05) is 0 Å². The van der Waals surface area contributed by atoms with Gasteiger partial charge >= 0.3 is 0 Å². The van der Waals surface area contributed by atoms with Crippen molar-refractivity contribution in [1.82, 2.24) is 24.6 Å². The second kappa shape index (κ2) is 6.54. The van der Waals surface area contributed by atoms with Crippen molar-refractivity contribution >= 4 is 27.8 Å². The predicted octanol–water partition coefficient (Wildman–Crippen LogP) is 3.59. The van der Waals surface area contributed by atoms with Crippen LogP contribution in [0.1, 0.15) is 36.2 Å². The quantitative estimate of drug-likeness (QED) is 0.604. The van der Waals surface area contributed by atoms with Crippen LogP contribution in [-0.4, -0.2) is 25.2 Å². The number of benzene rings is 2. The molecule has 0 saturated carbocycles. The van der Waals surface area contributed by atoms with Gasteiger partial charge in [0, 0.05) is 19.5 Å². The molecule has 2 heterocycles. The second-order valence-electron chi connectivity index (χ2n) is 7.20. The number of hydrogen-bond acceptors (Lipinski definition) is 3. The van der Waals surface area contributed by atoms with Crippen LogP contribution in [0.5, 0.6) is 0 Å². The summed E-state index contributed by atoms with van der Waals surface area (Å²) in [7, 11) is 3.84. The van der Waals surface area contributed by atoms with Crippen molar-refractivity contribution < 1.29 is 4.79 Å². The van der Waals surface area contributed by atoms with E-state index in [1.165, 1.54) is 0 Å². The van der Waals surface area contributed by atoms with E-state index in [0.717, 1.165) is 27.8 Å². The molecule has 1 unspecified atom stereocenters. The molecular weight excluding hydrogens is 338 g/mol. The fraction of sp³-hybridized carbons (Fsp3) is 0.286. The first-order valence-electron chi connectivity index (χ1n) is 9.11. The van der Waals surface area contributed by atoms with Gasteiger partial charge in [-0.15, -0.1) is 0 Å². The van der Waals surface area contributed by atoms with Crippen molar-refractivity contribution in [3.05, 3.63) is 60.0 Å². The minimum absolute atomic E-state index is 0.180. The van der Waals surface area contributed by atoms with Gasteiger partial charge in [-0.3, -0.25) is 9.48 Å². The summed E-state index contributed by atoms with van der Waals surface area (Å²) in [6.45, 7) is 4.17. The Hall–Kier alpha value is -3.15. The van der Waals surface area contributed by atoms with Crippen LogP contribution in [0.25, 0.3) is 21.9 Å². The Kier molecular flexibility index (Phi) is 4.18. The molecule has 138 valence electrons. The van der Waals surface area contributed by atoms with Crippen LogP contribution < -0.4 is 5.32 Å². The molecule has 1 amide bonds. The SMILES string of the molecule is CC(C)C(NC(=O)c1nn(C)c2ccccc12)c1nc2ccccc2n1C. The number of imidazole rings is 1. The lowest BCUT2D eigenvalue weighted by Crippen LogP contribution is -2.33. The zero-order valence-corrected chi connectivity index (χ0v) is 16.0. The second-order valence-corrected chi connectivity index (χ2v) is 7.20. The molecule has 1 atom stereocenters.